The molecule has 0 bridgehead atoms. The summed E-state index contributed by atoms with van der Waals surface area (Å²) in [6, 6.07) is 0. The summed E-state index contributed by atoms with van der Waals surface area (Å²) in [5, 5.41) is 6.08. The fourth-order valence-corrected chi connectivity index (χ4v) is 1.89. The number of nitrogens with one attached hydrogen (secondary N) is 2. The van der Waals surface area contributed by atoms with Crippen molar-refractivity contribution in [2.24, 2.45) is 0 Å². The Morgan fingerprint density at radius 1 is 1.80 bits per heavy atom. The van der Waals surface area contributed by atoms with Crippen molar-refractivity contribution in [2.45, 2.75) is 12.9 Å². The van der Waals surface area contributed by atoms with Gasteiger partial charge in [-0.1, -0.05) is 12.7 Å². The van der Waals surface area contributed by atoms with Gasteiger partial charge in [0.2, 0.25) is 5.91 Å². The van der Waals surface area contributed by atoms with E-state index in [4.69, 9.17) is 4.74 Å². The van der Waals surface area contributed by atoms with Crippen LogP contribution in [-0.4, -0.2) is 56.4 Å². The molecule has 0 aromatic heterocycles. The van der Waals surface area contributed by atoms with E-state index in [1.807, 2.05) is 13.4 Å². The molecular weight excluding hydrogens is 211 g/mol. The van der Waals surface area contributed by atoms with Crippen molar-refractivity contribution in [3.63, 3.8) is 0 Å². The SMILES string of the molecule is C=S([B]C)CC(=O)NCC1CNCCO1. The van der Waals surface area contributed by atoms with E-state index in [1.165, 1.54) is 0 Å². The van der Waals surface area contributed by atoms with E-state index in [0.717, 1.165) is 19.7 Å². The van der Waals surface area contributed by atoms with Crippen molar-refractivity contribution >= 4 is 28.7 Å². The standard InChI is InChI=1S/C9H18BN2O2S/c1-10-15(2)7-9(13)12-6-8-5-11-3-4-14-8/h8,11H,2-7H2,1H3,(H,12,13). The van der Waals surface area contributed by atoms with Gasteiger partial charge in [-0.25, -0.2) is 10.3 Å². The predicted molar refractivity (Wildman–Crippen MR) is 66.8 cm³/mol. The minimum absolute atomic E-state index is 0.0561. The molecule has 1 aliphatic heterocycles. The average Bonchev–Trinajstić information content (AvgIpc) is 2.27. The summed E-state index contributed by atoms with van der Waals surface area (Å²) in [7, 11) is -0.157. The van der Waals surface area contributed by atoms with E-state index in [-0.39, 0.29) is 22.3 Å². The Hall–Kier alpha value is -0.325. The lowest BCUT2D eigenvalue weighted by Crippen LogP contribution is -2.45. The molecule has 0 aromatic carbocycles. The van der Waals surface area contributed by atoms with Crippen molar-refractivity contribution in [3.8, 4) is 0 Å². The van der Waals surface area contributed by atoms with Gasteiger partial charge in [0.05, 0.1) is 18.5 Å². The highest BCUT2D eigenvalue weighted by atomic mass is 32.2. The topological polar surface area (TPSA) is 50.4 Å². The zero-order valence-corrected chi connectivity index (χ0v) is 9.94. The molecule has 0 aliphatic carbocycles. The molecule has 2 N–H and O–H groups in total. The normalized spacial score (nSPS) is 23.1. The van der Waals surface area contributed by atoms with Crippen LogP contribution in [0.3, 0.4) is 0 Å². The van der Waals surface area contributed by atoms with Crippen LogP contribution in [0.2, 0.25) is 6.82 Å². The number of amides is 1. The lowest BCUT2D eigenvalue weighted by molar-refractivity contribution is -0.119. The number of carbonyl (C=O) groups excluding carboxylic acids is 1. The highest BCUT2D eigenvalue weighted by Crippen LogP contribution is 2.04. The molecule has 1 rings (SSSR count). The van der Waals surface area contributed by atoms with Crippen LogP contribution in [0.25, 0.3) is 0 Å². The summed E-state index contributed by atoms with van der Waals surface area (Å²) >= 11 is 0. The van der Waals surface area contributed by atoms with E-state index in [1.54, 1.807) is 0 Å². The number of hydrogen-bond acceptors (Lipinski definition) is 3. The third kappa shape index (κ3) is 5.34. The van der Waals surface area contributed by atoms with Crippen molar-refractivity contribution in [1.29, 1.82) is 0 Å². The first-order valence-corrected chi connectivity index (χ1v) is 6.73. The van der Waals surface area contributed by atoms with Crippen LogP contribution in [0.15, 0.2) is 0 Å². The van der Waals surface area contributed by atoms with Gasteiger partial charge in [-0.15, -0.1) is 0 Å². The Labute approximate surface area is 94.2 Å². The molecule has 4 nitrogen and oxygen atoms in total. The molecular formula is C9H18BN2O2S. The van der Waals surface area contributed by atoms with Gasteiger partial charge in [-0.2, -0.15) is 0 Å². The van der Waals surface area contributed by atoms with Crippen LogP contribution in [-0.2, 0) is 9.53 Å². The molecule has 85 valence electrons. The summed E-state index contributed by atoms with van der Waals surface area (Å²) in [6.07, 6.45) is 0.111. The van der Waals surface area contributed by atoms with Gasteiger partial charge in [0.25, 0.3) is 0 Å². The molecule has 6 heteroatoms. The molecule has 0 aromatic rings. The molecule has 15 heavy (non-hydrogen) atoms. The van der Waals surface area contributed by atoms with Crippen LogP contribution in [0, 0.1) is 0 Å². The zero-order valence-electron chi connectivity index (χ0n) is 9.12. The van der Waals surface area contributed by atoms with Crippen LogP contribution in [0.5, 0.6) is 0 Å². The van der Waals surface area contributed by atoms with Crippen molar-refractivity contribution in [3.05, 3.63) is 0 Å². The second-order valence-corrected chi connectivity index (χ2v) is 5.25. The smallest absolute Gasteiger partial charge is 0.228 e. The third-order valence-electron chi connectivity index (χ3n) is 2.18. The minimum atomic E-state index is -0.157. The zero-order chi connectivity index (χ0) is 11.1. The number of carbonyl (C=O) groups is 1. The van der Waals surface area contributed by atoms with E-state index < -0.39 is 0 Å². The van der Waals surface area contributed by atoms with E-state index in [9.17, 15) is 4.79 Å². The fraction of sp³-hybridized carbons (Fsp3) is 0.778. The molecule has 1 fully saturated rings. The molecule has 2 atom stereocenters. The summed E-state index contributed by atoms with van der Waals surface area (Å²) in [5.41, 5.74) is 0. The number of hydrogen-bond donors (Lipinski definition) is 2. The number of rotatable bonds is 5. The van der Waals surface area contributed by atoms with E-state index in [2.05, 4.69) is 16.5 Å². The molecule has 1 amide bonds. The molecule has 1 saturated heterocycles. The quantitative estimate of drug-likeness (QED) is 0.491. The van der Waals surface area contributed by atoms with Gasteiger partial charge in [0.15, 0.2) is 6.56 Å². The maximum atomic E-state index is 11.4. The highest BCUT2D eigenvalue weighted by molar-refractivity contribution is 8.35. The van der Waals surface area contributed by atoms with E-state index >= 15 is 0 Å². The minimum Gasteiger partial charge on any atom is -0.374 e. The van der Waals surface area contributed by atoms with Gasteiger partial charge in [0.1, 0.15) is 0 Å². The molecule has 1 radical (unpaired) electrons. The molecule has 1 heterocycles. The summed E-state index contributed by atoms with van der Waals surface area (Å²) < 4.78 is 5.46. The van der Waals surface area contributed by atoms with Crippen molar-refractivity contribution in [2.75, 3.05) is 32.0 Å². The Balaban J connectivity index is 2.12. The highest BCUT2D eigenvalue weighted by Gasteiger charge is 2.13. The lowest BCUT2D eigenvalue weighted by atomic mass is 10.2. The second kappa shape index (κ2) is 7.03. The molecule has 0 spiro atoms. The first-order valence-electron chi connectivity index (χ1n) is 5.10. The summed E-state index contributed by atoms with van der Waals surface area (Å²) in [4.78, 5) is 11.4. The molecule has 2 unspecified atom stereocenters. The third-order valence-corrected chi connectivity index (χ3v) is 3.48. The van der Waals surface area contributed by atoms with Crippen LogP contribution in [0.1, 0.15) is 0 Å². The van der Waals surface area contributed by atoms with Crippen LogP contribution in [0.4, 0.5) is 0 Å². The second-order valence-electron chi connectivity index (χ2n) is 3.42. The van der Waals surface area contributed by atoms with Gasteiger partial charge in [0, 0.05) is 19.6 Å². The maximum absolute atomic E-state index is 11.4. The van der Waals surface area contributed by atoms with Crippen molar-refractivity contribution < 1.29 is 9.53 Å². The molecule has 0 saturated carbocycles. The average molecular weight is 229 g/mol. The van der Waals surface area contributed by atoms with Gasteiger partial charge in [-0.3, -0.25) is 4.79 Å². The first-order chi connectivity index (χ1) is 7.22. The van der Waals surface area contributed by atoms with Crippen molar-refractivity contribution in [1.82, 2.24) is 10.6 Å². The van der Waals surface area contributed by atoms with Crippen LogP contribution >= 0.6 is 10.3 Å². The summed E-state index contributed by atoms with van der Waals surface area (Å²) in [5.74, 6) is 4.40. The first kappa shape index (κ1) is 12.7. The van der Waals surface area contributed by atoms with E-state index in [0.29, 0.717) is 12.3 Å². The Morgan fingerprint density at radius 3 is 3.20 bits per heavy atom. The molecule has 1 aliphatic rings. The van der Waals surface area contributed by atoms with Crippen LogP contribution < -0.4 is 10.6 Å². The predicted octanol–water partition coefficient (Wildman–Crippen LogP) is -0.541. The Kier molecular flexibility index (Phi) is 5.97. The van der Waals surface area contributed by atoms with Gasteiger partial charge < -0.3 is 15.4 Å². The Morgan fingerprint density at radius 2 is 2.60 bits per heavy atom. The Bertz CT molecular complexity index is 232. The summed E-state index contributed by atoms with van der Waals surface area (Å²) in [6.45, 7) is 6.92. The van der Waals surface area contributed by atoms with Gasteiger partial charge >= 0.3 is 0 Å². The fourth-order valence-electron chi connectivity index (χ4n) is 1.28. The number of ether oxygens (including phenoxy) is 1. The maximum Gasteiger partial charge on any atom is 0.228 e. The lowest BCUT2D eigenvalue weighted by Gasteiger charge is -2.23. The largest absolute Gasteiger partial charge is 0.374 e. The monoisotopic (exact) mass is 229 g/mol. The number of morpholine rings is 1. The van der Waals surface area contributed by atoms with Gasteiger partial charge in [-0.05, 0) is 0 Å².